The molecule has 1 aromatic carbocycles. The van der Waals surface area contributed by atoms with Gasteiger partial charge < -0.3 is 9.84 Å². The van der Waals surface area contributed by atoms with Gasteiger partial charge in [-0.25, -0.2) is 13.8 Å². The SMILES string of the molecule is COc1cccc(C(=O)N2NC(=C(F)F)CC2(O)C(F)F)c1. The van der Waals surface area contributed by atoms with Gasteiger partial charge in [0.15, 0.2) is 0 Å². The predicted molar refractivity (Wildman–Crippen MR) is 67.1 cm³/mol. The number of nitrogens with one attached hydrogen (secondary N) is 1. The molecule has 1 aliphatic rings. The number of benzene rings is 1. The summed E-state index contributed by atoms with van der Waals surface area (Å²) in [5.41, 5.74) is -2.25. The van der Waals surface area contributed by atoms with Crippen LogP contribution in [-0.4, -0.2) is 35.3 Å². The van der Waals surface area contributed by atoms with Crippen molar-refractivity contribution in [3.63, 3.8) is 0 Å². The van der Waals surface area contributed by atoms with E-state index in [9.17, 15) is 27.5 Å². The van der Waals surface area contributed by atoms with Crippen molar-refractivity contribution in [3.8, 4) is 5.75 Å². The van der Waals surface area contributed by atoms with Crippen LogP contribution < -0.4 is 10.2 Å². The number of ether oxygens (including phenoxy) is 1. The monoisotopic (exact) mass is 320 g/mol. The number of carbonyl (C=O) groups is 1. The van der Waals surface area contributed by atoms with Crippen molar-refractivity contribution in [2.24, 2.45) is 0 Å². The molecule has 22 heavy (non-hydrogen) atoms. The quantitative estimate of drug-likeness (QED) is 0.838. The van der Waals surface area contributed by atoms with Crippen molar-refractivity contribution in [3.05, 3.63) is 41.6 Å². The third-order valence-corrected chi connectivity index (χ3v) is 3.17. The van der Waals surface area contributed by atoms with E-state index >= 15 is 0 Å². The number of amides is 1. The second kappa shape index (κ2) is 5.84. The van der Waals surface area contributed by atoms with Gasteiger partial charge in [0.2, 0.25) is 5.72 Å². The van der Waals surface area contributed by atoms with Crippen LogP contribution in [0.15, 0.2) is 36.0 Å². The van der Waals surface area contributed by atoms with Gasteiger partial charge in [-0.05, 0) is 18.2 Å². The van der Waals surface area contributed by atoms with Crippen molar-refractivity contribution in [1.82, 2.24) is 10.4 Å². The molecule has 9 heteroatoms. The molecule has 5 nitrogen and oxygen atoms in total. The van der Waals surface area contributed by atoms with Crippen LogP contribution in [0.4, 0.5) is 17.6 Å². The minimum Gasteiger partial charge on any atom is -0.497 e. The van der Waals surface area contributed by atoms with E-state index < -0.39 is 36.3 Å². The van der Waals surface area contributed by atoms with Crippen LogP contribution in [0.3, 0.4) is 0 Å². The summed E-state index contributed by atoms with van der Waals surface area (Å²) in [6.07, 6.45) is -6.81. The van der Waals surface area contributed by atoms with E-state index in [4.69, 9.17) is 4.74 Å². The van der Waals surface area contributed by atoms with Crippen molar-refractivity contribution in [2.75, 3.05) is 7.11 Å². The lowest BCUT2D eigenvalue weighted by Gasteiger charge is -2.31. The van der Waals surface area contributed by atoms with E-state index in [1.807, 2.05) is 5.43 Å². The van der Waals surface area contributed by atoms with Crippen LogP contribution in [0.2, 0.25) is 0 Å². The number of carbonyl (C=O) groups excluding carboxylic acids is 1. The Balaban J connectivity index is 2.39. The fourth-order valence-electron chi connectivity index (χ4n) is 2.01. The molecule has 1 fully saturated rings. The maximum Gasteiger partial charge on any atom is 0.291 e. The van der Waals surface area contributed by atoms with Crippen LogP contribution in [0.25, 0.3) is 0 Å². The first-order chi connectivity index (χ1) is 10.3. The van der Waals surface area contributed by atoms with E-state index in [-0.39, 0.29) is 16.3 Å². The molecule has 1 unspecified atom stereocenters. The smallest absolute Gasteiger partial charge is 0.291 e. The molecule has 1 atom stereocenters. The topological polar surface area (TPSA) is 61.8 Å². The third kappa shape index (κ3) is 2.71. The standard InChI is InChI=1S/C13H12F4N2O3/c1-22-8-4-2-3-7(5-8)11(20)19-13(21,12(16)17)6-9(18-19)10(14)15/h2-5,12,18,21H,6H2,1H3. The highest BCUT2D eigenvalue weighted by Gasteiger charge is 2.53. The van der Waals surface area contributed by atoms with Gasteiger partial charge in [-0.15, -0.1) is 0 Å². The molecule has 0 saturated carbocycles. The summed E-state index contributed by atoms with van der Waals surface area (Å²) >= 11 is 0. The molecule has 0 spiro atoms. The van der Waals surface area contributed by atoms with Crippen LogP contribution >= 0.6 is 0 Å². The summed E-state index contributed by atoms with van der Waals surface area (Å²) in [4.78, 5) is 12.3. The Labute approximate surface area is 122 Å². The van der Waals surface area contributed by atoms with Crippen LogP contribution in [0, 0.1) is 0 Å². The van der Waals surface area contributed by atoms with E-state index in [1.54, 1.807) is 0 Å². The van der Waals surface area contributed by atoms with E-state index in [0.717, 1.165) is 0 Å². The van der Waals surface area contributed by atoms with Gasteiger partial charge in [0.1, 0.15) is 11.4 Å². The van der Waals surface area contributed by atoms with Gasteiger partial charge in [-0.1, -0.05) is 6.07 Å². The van der Waals surface area contributed by atoms with Gasteiger partial charge in [0.25, 0.3) is 18.4 Å². The highest BCUT2D eigenvalue weighted by atomic mass is 19.3. The maximum absolute atomic E-state index is 13.1. The summed E-state index contributed by atoms with van der Waals surface area (Å²) in [5.74, 6) is -0.809. The van der Waals surface area contributed by atoms with Crippen LogP contribution in [-0.2, 0) is 0 Å². The molecule has 0 aromatic heterocycles. The lowest BCUT2D eigenvalue weighted by Crippen LogP contribution is -2.55. The number of hydrogen-bond donors (Lipinski definition) is 2. The zero-order valence-electron chi connectivity index (χ0n) is 11.3. The number of rotatable bonds is 3. The average Bonchev–Trinajstić information content (AvgIpc) is 2.86. The Hall–Kier alpha value is -2.29. The fraction of sp³-hybridized carbons (Fsp3) is 0.308. The van der Waals surface area contributed by atoms with Crippen LogP contribution in [0.1, 0.15) is 16.8 Å². The molecular formula is C13H12F4N2O3. The lowest BCUT2D eigenvalue weighted by molar-refractivity contribution is -0.168. The molecule has 1 aromatic rings. The van der Waals surface area contributed by atoms with Gasteiger partial charge >= 0.3 is 0 Å². The summed E-state index contributed by atoms with van der Waals surface area (Å²) in [7, 11) is 1.34. The number of methoxy groups -OCH3 is 1. The van der Waals surface area contributed by atoms with Gasteiger partial charge in [0.05, 0.1) is 13.5 Å². The Morgan fingerprint density at radius 2 is 2.14 bits per heavy atom. The number of alkyl halides is 2. The summed E-state index contributed by atoms with van der Waals surface area (Å²) < 4.78 is 56.2. The molecular weight excluding hydrogens is 308 g/mol. The number of hydrogen-bond acceptors (Lipinski definition) is 4. The Kier molecular flexibility index (Phi) is 4.27. The predicted octanol–water partition coefficient (Wildman–Crippen LogP) is 2.11. The summed E-state index contributed by atoms with van der Waals surface area (Å²) in [5, 5.41) is 10.0. The first kappa shape index (κ1) is 16.1. The van der Waals surface area contributed by atoms with Crippen molar-refractivity contribution in [2.45, 2.75) is 18.6 Å². The molecule has 0 bridgehead atoms. The number of halogens is 4. The largest absolute Gasteiger partial charge is 0.497 e. The van der Waals surface area contributed by atoms with E-state index in [2.05, 4.69) is 0 Å². The second-order valence-corrected chi connectivity index (χ2v) is 4.58. The first-order valence-corrected chi connectivity index (χ1v) is 6.09. The molecule has 1 heterocycles. The minimum absolute atomic E-state index is 0.105. The Morgan fingerprint density at radius 1 is 1.45 bits per heavy atom. The Bertz CT molecular complexity index is 619. The Morgan fingerprint density at radius 3 is 2.68 bits per heavy atom. The van der Waals surface area contributed by atoms with Gasteiger partial charge in [0, 0.05) is 5.56 Å². The first-order valence-electron chi connectivity index (χ1n) is 6.09. The molecule has 0 aliphatic carbocycles. The fourth-order valence-corrected chi connectivity index (χ4v) is 2.01. The molecule has 1 amide bonds. The molecule has 1 saturated heterocycles. The molecule has 1 aliphatic heterocycles. The number of aliphatic hydroxyl groups is 1. The highest BCUT2D eigenvalue weighted by molar-refractivity contribution is 5.95. The number of nitrogens with zero attached hydrogens (tertiary/aromatic N) is 1. The third-order valence-electron chi connectivity index (χ3n) is 3.17. The van der Waals surface area contributed by atoms with E-state index in [1.165, 1.54) is 31.4 Å². The normalized spacial score (nSPS) is 21.0. The molecule has 120 valence electrons. The number of hydrazine groups is 1. The maximum atomic E-state index is 13.1. The minimum atomic E-state index is -3.44. The zero-order valence-corrected chi connectivity index (χ0v) is 11.3. The van der Waals surface area contributed by atoms with Crippen molar-refractivity contribution in [1.29, 1.82) is 0 Å². The van der Waals surface area contributed by atoms with E-state index in [0.29, 0.717) is 0 Å². The summed E-state index contributed by atoms with van der Waals surface area (Å²) in [6, 6.07) is 5.46. The zero-order chi connectivity index (χ0) is 16.5. The average molecular weight is 320 g/mol. The second-order valence-electron chi connectivity index (χ2n) is 4.58. The van der Waals surface area contributed by atoms with Gasteiger partial charge in [-0.3, -0.25) is 10.2 Å². The molecule has 2 N–H and O–H groups in total. The van der Waals surface area contributed by atoms with Crippen LogP contribution in [0.5, 0.6) is 5.75 Å². The van der Waals surface area contributed by atoms with Gasteiger partial charge in [-0.2, -0.15) is 8.78 Å². The summed E-state index contributed by atoms with van der Waals surface area (Å²) in [6.45, 7) is 0. The van der Waals surface area contributed by atoms with Crippen molar-refractivity contribution >= 4 is 5.91 Å². The molecule has 2 rings (SSSR count). The highest BCUT2D eigenvalue weighted by Crippen LogP contribution is 2.35. The lowest BCUT2D eigenvalue weighted by atomic mass is 10.1. The molecule has 0 radical (unpaired) electrons. The van der Waals surface area contributed by atoms with Crippen molar-refractivity contribution < 1.29 is 32.2 Å².